The van der Waals surface area contributed by atoms with E-state index in [9.17, 15) is 4.39 Å². The Morgan fingerprint density at radius 2 is 1.47 bits per heavy atom. The summed E-state index contributed by atoms with van der Waals surface area (Å²) in [6, 6.07) is 18.3. The van der Waals surface area contributed by atoms with Crippen molar-refractivity contribution in [3.05, 3.63) is 65.7 Å². The molecule has 0 N–H and O–H groups in total. The van der Waals surface area contributed by atoms with Gasteiger partial charge in [0.15, 0.2) is 0 Å². The van der Waals surface area contributed by atoms with Gasteiger partial charge >= 0.3 is 0 Å². The van der Waals surface area contributed by atoms with E-state index in [2.05, 4.69) is 31.2 Å². The van der Waals surface area contributed by atoms with E-state index in [1.165, 1.54) is 11.1 Å². The standard InChI is InChI=1S/C14H14O.CH3F/c1-12-7-9-14(10-8-12)15-11-13-5-3-2-4-6-13;1-2/h2-10H,11H2,1H3;1H3. The molecule has 17 heavy (non-hydrogen) atoms. The van der Waals surface area contributed by atoms with Gasteiger partial charge in [0.1, 0.15) is 12.4 Å². The van der Waals surface area contributed by atoms with Crippen LogP contribution in [-0.4, -0.2) is 7.18 Å². The van der Waals surface area contributed by atoms with Crippen LogP contribution < -0.4 is 4.74 Å². The molecule has 2 heteroatoms. The first-order valence-corrected chi connectivity index (χ1v) is 5.46. The van der Waals surface area contributed by atoms with Gasteiger partial charge in [-0.2, -0.15) is 0 Å². The van der Waals surface area contributed by atoms with E-state index in [4.69, 9.17) is 4.74 Å². The minimum absolute atomic E-state index is 0.500. The van der Waals surface area contributed by atoms with Crippen LogP contribution in [0.4, 0.5) is 4.39 Å². The van der Waals surface area contributed by atoms with Crippen molar-refractivity contribution in [2.24, 2.45) is 0 Å². The summed E-state index contributed by atoms with van der Waals surface area (Å²) in [5.74, 6) is 0.921. The van der Waals surface area contributed by atoms with Crippen LogP contribution in [0.25, 0.3) is 0 Å². The van der Waals surface area contributed by atoms with Crippen LogP contribution in [0, 0.1) is 6.92 Å². The van der Waals surface area contributed by atoms with Crippen molar-refractivity contribution in [1.29, 1.82) is 0 Å². The molecule has 0 amide bonds. The minimum Gasteiger partial charge on any atom is -0.489 e. The highest BCUT2D eigenvalue weighted by Crippen LogP contribution is 2.13. The van der Waals surface area contributed by atoms with Gasteiger partial charge in [-0.05, 0) is 24.6 Å². The lowest BCUT2D eigenvalue weighted by molar-refractivity contribution is 0.306. The van der Waals surface area contributed by atoms with Gasteiger partial charge in [-0.3, -0.25) is 4.39 Å². The zero-order chi connectivity index (χ0) is 12.5. The molecule has 0 aromatic heterocycles. The van der Waals surface area contributed by atoms with Crippen LogP contribution in [-0.2, 0) is 6.61 Å². The molecular weight excluding hydrogens is 215 g/mol. The van der Waals surface area contributed by atoms with Crippen LogP contribution in [0.5, 0.6) is 5.75 Å². The molecule has 2 aromatic rings. The van der Waals surface area contributed by atoms with Gasteiger partial charge in [0, 0.05) is 0 Å². The number of ether oxygens (including phenoxy) is 1. The van der Waals surface area contributed by atoms with Crippen molar-refractivity contribution in [1.82, 2.24) is 0 Å². The molecule has 0 aliphatic carbocycles. The molecule has 0 radical (unpaired) electrons. The fourth-order valence-corrected chi connectivity index (χ4v) is 1.38. The van der Waals surface area contributed by atoms with Crippen molar-refractivity contribution in [3.63, 3.8) is 0 Å². The first-order valence-electron chi connectivity index (χ1n) is 5.46. The second kappa shape index (κ2) is 7.44. The van der Waals surface area contributed by atoms with Crippen LogP contribution in [0.3, 0.4) is 0 Å². The highest BCUT2D eigenvalue weighted by molar-refractivity contribution is 5.26. The molecular formula is C15H17FO. The number of alkyl halides is 1. The van der Waals surface area contributed by atoms with Gasteiger partial charge < -0.3 is 4.74 Å². The van der Waals surface area contributed by atoms with E-state index >= 15 is 0 Å². The van der Waals surface area contributed by atoms with E-state index in [0.29, 0.717) is 13.8 Å². The summed E-state index contributed by atoms with van der Waals surface area (Å²) < 4.78 is 15.1. The second-order valence-electron chi connectivity index (χ2n) is 3.59. The van der Waals surface area contributed by atoms with Gasteiger partial charge in [-0.25, -0.2) is 0 Å². The van der Waals surface area contributed by atoms with E-state index in [0.717, 1.165) is 5.75 Å². The lowest BCUT2D eigenvalue weighted by atomic mass is 10.2. The van der Waals surface area contributed by atoms with Crippen molar-refractivity contribution >= 4 is 0 Å². The molecule has 0 fully saturated rings. The van der Waals surface area contributed by atoms with Crippen LogP contribution in [0.15, 0.2) is 54.6 Å². The smallest absolute Gasteiger partial charge is 0.119 e. The maximum Gasteiger partial charge on any atom is 0.119 e. The van der Waals surface area contributed by atoms with Crippen LogP contribution >= 0.6 is 0 Å². The zero-order valence-corrected chi connectivity index (χ0v) is 10.2. The lowest BCUT2D eigenvalue weighted by Gasteiger charge is -2.06. The first-order chi connectivity index (χ1) is 8.34. The van der Waals surface area contributed by atoms with Crippen LogP contribution in [0.1, 0.15) is 11.1 Å². The number of halogens is 1. The Balaban J connectivity index is 0.000000686. The van der Waals surface area contributed by atoms with E-state index in [1.807, 2.05) is 30.3 Å². The molecule has 0 heterocycles. The third-order valence-electron chi connectivity index (χ3n) is 2.27. The van der Waals surface area contributed by atoms with E-state index in [-0.39, 0.29) is 0 Å². The summed E-state index contributed by atoms with van der Waals surface area (Å²) in [5.41, 5.74) is 2.44. The molecule has 0 bridgehead atoms. The van der Waals surface area contributed by atoms with Crippen molar-refractivity contribution < 1.29 is 9.13 Å². The fraction of sp³-hybridized carbons (Fsp3) is 0.200. The summed E-state index contributed by atoms with van der Waals surface area (Å²) in [4.78, 5) is 0. The zero-order valence-electron chi connectivity index (χ0n) is 10.2. The van der Waals surface area contributed by atoms with Crippen molar-refractivity contribution in [3.8, 4) is 5.75 Å². The Morgan fingerprint density at radius 1 is 0.882 bits per heavy atom. The van der Waals surface area contributed by atoms with Gasteiger partial charge in [-0.15, -0.1) is 0 Å². The maximum atomic E-state index is 9.50. The number of hydrogen-bond donors (Lipinski definition) is 0. The molecule has 2 rings (SSSR count). The summed E-state index contributed by atoms with van der Waals surface area (Å²) in [5, 5.41) is 0. The first kappa shape index (κ1) is 13.2. The lowest BCUT2D eigenvalue weighted by Crippen LogP contribution is -1.94. The fourth-order valence-electron chi connectivity index (χ4n) is 1.38. The van der Waals surface area contributed by atoms with Gasteiger partial charge in [0.2, 0.25) is 0 Å². The molecule has 0 atom stereocenters. The van der Waals surface area contributed by atoms with Crippen molar-refractivity contribution in [2.75, 3.05) is 7.18 Å². The van der Waals surface area contributed by atoms with Gasteiger partial charge in [0.25, 0.3) is 0 Å². The van der Waals surface area contributed by atoms with E-state index in [1.54, 1.807) is 0 Å². The third kappa shape index (κ3) is 4.68. The average Bonchev–Trinajstić information content (AvgIpc) is 2.42. The van der Waals surface area contributed by atoms with E-state index < -0.39 is 0 Å². The summed E-state index contributed by atoms with van der Waals surface area (Å²) in [7, 11) is 0.500. The topological polar surface area (TPSA) is 9.23 Å². The third-order valence-corrected chi connectivity index (χ3v) is 2.27. The number of rotatable bonds is 3. The Kier molecular flexibility index (Phi) is 5.80. The predicted molar refractivity (Wildman–Crippen MR) is 69.0 cm³/mol. The summed E-state index contributed by atoms with van der Waals surface area (Å²) >= 11 is 0. The second-order valence-corrected chi connectivity index (χ2v) is 3.59. The number of hydrogen-bond acceptors (Lipinski definition) is 1. The monoisotopic (exact) mass is 232 g/mol. The Bertz CT molecular complexity index is 409. The average molecular weight is 232 g/mol. The molecule has 0 saturated carbocycles. The summed E-state index contributed by atoms with van der Waals surface area (Å²) in [6.45, 7) is 2.70. The highest BCUT2D eigenvalue weighted by Gasteiger charge is 1.94. The Hall–Kier alpha value is -1.83. The number of benzene rings is 2. The molecule has 0 unspecified atom stereocenters. The molecule has 0 saturated heterocycles. The highest BCUT2D eigenvalue weighted by atomic mass is 19.1. The summed E-state index contributed by atoms with van der Waals surface area (Å²) in [6.07, 6.45) is 0. The molecule has 2 aromatic carbocycles. The molecule has 90 valence electrons. The minimum atomic E-state index is 0.500. The maximum absolute atomic E-state index is 9.50. The Morgan fingerprint density at radius 3 is 2.06 bits per heavy atom. The molecule has 0 aliphatic rings. The quantitative estimate of drug-likeness (QED) is 0.772. The largest absolute Gasteiger partial charge is 0.489 e. The van der Waals surface area contributed by atoms with Crippen molar-refractivity contribution in [2.45, 2.75) is 13.5 Å². The van der Waals surface area contributed by atoms with Gasteiger partial charge in [-0.1, -0.05) is 48.0 Å². The Labute approximate surface area is 102 Å². The molecule has 0 spiro atoms. The normalized spacial score (nSPS) is 9.12. The number of aryl methyl sites for hydroxylation is 1. The molecule has 0 aliphatic heterocycles. The SMILES string of the molecule is CF.Cc1ccc(OCc2ccccc2)cc1. The molecule has 1 nitrogen and oxygen atoms in total. The van der Waals surface area contributed by atoms with Gasteiger partial charge in [0.05, 0.1) is 7.18 Å². The predicted octanol–water partition coefficient (Wildman–Crippen LogP) is 4.16. The van der Waals surface area contributed by atoms with Crippen LogP contribution in [0.2, 0.25) is 0 Å².